The van der Waals surface area contributed by atoms with E-state index in [0.29, 0.717) is 5.17 Å². The minimum atomic E-state index is -0.275. The van der Waals surface area contributed by atoms with E-state index < -0.39 is 0 Å². The standard InChI is InChI=1S/C32H28N4O2S/c1-20(2)25-6-4-5-7-27(25)36-30(38)18-39-32(36)34-29(37)17-22-10-14-26-23(16-22)11-15-28-31(26)33-19-35(28)24-12-8-21(3)9-13-24/h4-16,19-20H,17-18H2,1-3H3. The van der Waals surface area contributed by atoms with Crippen molar-refractivity contribution in [2.24, 2.45) is 4.99 Å². The number of hydrogen-bond acceptors (Lipinski definition) is 4. The van der Waals surface area contributed by atoms with Gasteiger partial charge in [-0.1, -0.05) is 85.8 Å². The van der Waals surface area contributed by atoms with E-state index in [2.05, 4.69) is 66.7 Å². The van der Waals surface area contributed by atoms with Crippen molar-refractivity contribution in [3.63, 3.8) is 0 Å². The number of nitrogens with zero attached hydrogens (tertiary/aromatic N) is 4. The molecule has 1 aliphatic rings. The topological polar surface area (TPSA) is 67.6 Å². The number of carbonyl (C=O) groups is 2. The molecule has 6 nitrogen and oxygen atoms in total. The Morgan fingerprint density at radius 2 is 1.82 bits per heavy atom. The van der Waals surface area contributed by atoms with Gasteiger partial charge in [0.2, 0.25) is 5.91 Å². The first-order chi connectivity index (χ1) is 18.9. The minimum absolute atomic E-state index is 0.0561. The molecule has 1 aromatic heterocycles. The number of aromatic nitrogens is 2. The van der Waals surface area contributed by atoms with Crippen LogP contribution in [-0.4, -0.2) is 32.3 Å². The normalized spacial score (nSPS) is 14.8. The molecule has 0 radical (unpaired) electrons. The van der Waals surface area contributed by atoms with Crippen molar-refractivity contribution in [3.05, 3.63) is 102 Å². The Bertz CT molecular complexity index is 1770. The van der Waals surface area contributed by atoms with E-state index in [1.807, 2.05) is 48.8 Å². The zero-order valence-electron chi connectivity index (χ0n) is 22.1. The van der Waals surface area contributed by atoms with Crippen molar-refractivity contribution in [2.75, 3.05) is 10.7 Å². The third-order valence-electron chi connectivity index (χ3n) is 7.05. The number of amidine groups is 1. The van der Waals surface area contributed by atoms with Gasteiger partial charge in [-0.2, -0.15) is 4.99 Å². The van der Waals surface area contributed by atoms with Crippen molar-refractivity contribution >= 4 is 56.2 Å². The Labute approximate surface area is 231 Å². The molecule has 0 spiro atoms. The van der Waals surface area contributed by atoms with E-state index in [1.165, 1.54) is 17.3 Å². The molecule has 2 heterocycles. The highest BCUT2D eigenvalue weighted by atomic mass is 32.2. The zero-order valence-corrected chi connectivity index (χ0v) is 22.9. The van der Waals surface area contributed by atoms with Crippen LogP contribution < -0.4 is 4.90 Å². The van der Waals surface area contributed by atoms with Crippen LogP contribution in [0, 0.1) is 6.92 Å². The Morgan fingerprint density at radius 3 is 2.62 bits per heavy atom. The van der Waals surface area contributed by atoms with Gasteiger partial charge < -0.3 is 0 Å². The Morgan fingerprint density at radius 1 is 1.03 bits per heavy atom. The molecule has 0 aliphatic carbocycles. The SMILES string of the molecule is Cc1ccc(-n2cnc3c4ccc(CC(=O)N=C5SCC(=O)N5c5ccccc5C(C)C)cc4ccc32)cc1. The van der Waals surface area contributed by atoms with Gasteiger partial charge in [0.1, 0.15) is 6.33 Å². The first-order valence-corrected chi connectivity index (χ1v) is 14.0. The molecule has 7 heteroatoms. The van der Waals surface area contributed by atoms with Crippen LogP contribution >= 0.6 is 11.8 Å². The Balaban J connectivity index is 1.27. The average Bonchev–Trinajstić information content (AvgIpc) is 3.52. The fraction of sp³-hybridized carbons (Fsp3) is 0.188. The largest absolute Gasteiger partial charge is 0.299 e. The maximum absolute atomic E-state index is 13.0. The second kappa shape index (κ2) is 10.2. The number of para-hydroxylation sites is 1. The van der Waals surface area contributed by atoms with Crippen molar-refractivity contribution in [2.45, 2.75) is 33.1 Å². The fourth-order valence-corrected chi connectivity index (χ4v) is 5.94. The van der Waals surface area contributed by atoms with Crippen LogP contribution in [-0.2, 0) is 16.0 Å². The molecule has 1 fully saturated rings. The third-order valence-corrected chi connectivity index (χ3v) is 7.97. The van der Waals surface area contributed by atoms with E-state index in [1.54, 1.807) is 4.90 Å². The van der Waals surface area contributed by atoms with Crippen LogP contribution in [0.15, 0.2) is 90.2 Å². The number of aliphatic imine (C=N–C) groups is 1. The quantitative estimate of drug-likeness (QED) is 0.249. The summed E-state index contributed by atoms with van der Waals surface area (Å²) in [6.45, 7) is 6.26. The van der Waals surface area contributed by atoms with Gasteiger partial charge in [-0.05, 0) is 53.6 Å². The molecule has 0 bridgehead atoms. The van der Waals surface area contributed by atoms with Crippen molar-refractivity contribution < 1.29 is 9.59 Å². The van der Waals surface area contributed by atoms with Gasteiger partial charge in [0.15, 0.2) is 5.17 Å². The average molecular weight is 533 g/mol. The highest BCUT2D eigenvalue weighted by molar-refractivity contribution is 8.15. The summed E-state index contributed by atoms with van der Waals surface area (Å²) in [6, 6.07) is 26.3. The summed E-state index contributed by atoms with van der Waals surface area (Å²) in [7, 11) is 0. The lowest BCUT2D eigenvalue weighted by Crippen LogP contribution is -2.31. The molecule has 0 atom stereocenters. The first-order valence-electron chi connectivity index (χ1n) is 13.0. The number of amides is 2. The maximum Gasteiger partial charge on any atom is 0.252 e. The number of aryl methyl sites for hydroxylation is 1. The van der Waals surface area contributed by atoms with Crippen molar-refractivity contribution in [1.82, 2.24) is 9.55 Å². The molecule has 1 saturated heterocycles. The molecule has 1 aliphatic heterocycles. The van der Waals surface area contributed by atoms with Gasteiger partial charge in [0.05, 0.1) is 28.9 Å². The summed E-state index contributed by atoms with van der Waals surface area (Å²) in [6.07, 6.45) is 2.01. The summed E-state index contributed by atoms with van der Waals surface area (Å²) in [5.41, 5.74) is 6.97. The van der Waals surface area contributed by atoms with Crippen molar-refractivity contribution in [3.8, 4) is 5.69 Å². The highest BCUT2D eigenvalue weighted by Crippen LogP contribution is 2.33. The number of anilines is 1. The molecule has 0 unspecified atom stereocenters. The molecule has 4 aromatic carbocycles. The molecule has 39 heavy (non-hydrogen) atoms. The fourth-order valence-electron chi connectivity index (χ4n) is 5.06. The van der Waals surface area contributed by atoms with Gasteiger partial charge >= 0.3 is 0 Å². The van der Waals surface area contributed by atoms with Gasteiger partial charge in [-0.25, -0.2) is 4.98 Å². The molecular formula is C32H28N4O2S. The monoisotopic (exact) mass is 532 g/mol. The first kappa shape index (κ1) is 25.1. The van der Waals surface area contributed by atoms with Gasteiger partial charge in [0.25, 0.3) is 5.91 Å². The van der Waals surface area contributed by atoms with Crippen LogP contribution in [0.5, 0.6) is 0 Å². The lowest BCUT2D eigenvalue weighted by Gasteiger charge is -2.21. The summed E-state index contributed by atoms with van der Waals surface area (Å²) in [5, 5.41) is 2.50. The number of hydrogen-bond donors (Lipinski definition) is 0. The smallest absolute Gasteiger partial charge is 0.252 e. The van der Waals surface area contributed by atoms with Gasteiger partial charge in [0, 0.05) is 11.1 Å². The summed E-state index contributed by atoms with van der Waals surface area (Å²) in [4.78, 5) is 36.5. The summed E-state index contributed by atoms with van der Waals surface area (Å²) < 4.78 is 2.09. The maximum atomic E-state index is 13.0. The van der Waals surface area contributed by atoms with Gasteiger partial charge in [-0.3, -0.25) is 19.1 Å². The van der Waals surface area contributed by atoms with E-state index in [4.69, 9.17) is 4.98 Å². The zero-order chi connectivity index (χ0) is 27.1. The molecular weight excluding hydrogens is 504 g/mol. The predicted octanol–water partition coefficient (Wildman–Crippen LogP) is 6.82. The number of benzene rings is 4. The van der Waals surface area contributed by atoms with Crippen LogP contribution in [0.25, 0.3) is 27.5 Å². The molecule has 2 amide bonds. The van der Waals surface area contributed by atoms with Crippen LogP contribution in [0.1, 0.15) is 36.5 Å². The predicted molar refractivity (Wildman–Crippen MR) is 160 cm³/mol. The van der Waals surface area contributed by atoms with E-state index >= 15 is 0 Å². The van der Waals surface area contributed by atoms with E-state index in [9.17, 15) is 9.59 Å². The van der Waals surface area contributed by atoms with E-state index in [0.717, 1.165) is 44.3 Å². The van der Waals surface area contributed by atoms with Crippen LogP contribution in [0.4, 0.5) is 5.69 Å². The lowest BCUT2D eigenvalue weighted by molar-refractivity contribution is -0.117. The second-order valence-corrected chi connectivity index (χ2v) is 11.1. The number of fused-ring (bicyclic) bond motifs is 3. The number of rotatable bonds is 5. The lowest BCUT2D eigenvalue weighted by atomic mass is 10.0. The summed E-state index contributed by atoms with van der Waals surface area (Å²) >= 11 is 1.31. The summed E-state index contributed by atoms with van der Waals surface area (Å²) in [5.74, 6) is 0.186. The molecule has 0 saturated carbocycles. The van der Waals surface area contributed by atoms with Crippen LogP contribution in [0.2, 0.25) is 0 Å². The van der Waals surface area contributed by atoms with E-state index in [-0.39, 0.29) is 29.9 Å². The molecule has 6 rings (SSSR count). The van der Waals surface area contributed by atoms with Crippen LogP contribution in [0.3, 0.4) is 0 Å². The second-order valence-electron chi connectivity index (χ2n) is 10.1. The highest BCUT2D eigenvalue weighted by Gasteiger charge is 2.32. The number of thioether (sulfide) groups is 1. The molecule has 0 N–H and O–H groups in total. The Hall–Kier alpha value is -4.23. The number of carbonyl (C=O) groups excluding carboxylic acids is 2. The Kier molecular flexibility index (Phi) is 6.53. The molecule has 194 valence electrons. The number of imidazole rings is 1. The van der Waals surface area contributed by atoms with Gasteiger partial charge in [-0.15, -0.1) is 0 Å². The third kappa shape index (κ3) is 4.74. The van der Waals surface area contributed by atoms with Crippen molar-refractivity contribution in [1.29, 1.82) is 0 Å². The minimum Gasteiger partial charge on any atom is -0.299 e. The molecule has 5 aromatic rings.